The van der Waals surface area contributed by atoms with E-state index in [1.807, 2.05) is 0 Å². The zero-order valence-electron chi connectivity index (χ0n) is 11.2. The Labute approximate surface area is 100 Å². The van der Waals surface area contributed by atoms with Gasteiger partial charge in [-0.3, -0.25) is 4.79 Å². The lowest BCUT2D eigenvalue weighted by Gasteiger charge is -2.27. The first-order chi connectivity index (χ1) is 7.61. The predicted molar refractivity (Wildman–Crippen MR) is 68.4 cm³/mol. The number of hydrogen-bond acceptors (Lipinski definition) is 1. The molecular weight excluding hydrogens is 198 g/mol. The van der Waals surface area contributed by atoms with Gasteiger partial charge in [-0.05, 0) is 37.5 Å². The molecule has 0 bridgehead atoms. The topological polar surface area (TPSA) is 20.3 Å². The standard InChI is InChI=1S/C11H19NO.C3H8/c1-11(5-6-11)9-10(13)12-7-3-2-4-8-12;1-3-2/h2-9H2,1H3;3H2,1-2H3. The Morgan fingerprint density at radius 1 is 1.12 bits per heavy atom. The number of nitrogens with zero attached hydrogens (tertiary/aromatic N) is 1. The molecule has 1 heterocycles. The Kier molecular flexibility index (Phi) is 5.30. The lowest BCUT2D eigenvalue weighted by atomic mass is 10.0. The van der Waals surface area contributed by atoms with Gasteiger partial charge < -0.3 is 4.90 Å². The SMILES string of the molecule is CC1(CC(=O)N2CCCCC2)CC1.CCC. The molecule has 0 atom stereocenters. The average molecular weight is 225 g/mol. The average Bonchev–Trinajstić information content (AvgIpc) is 2.98. The highest BCUT2D eigenvalue weighted by Gasteiger charge is 2.40. The summed E-state index contributed by atoms with van der Waals surface area (Å²) in [6, 6.07) is 0. The summed E-state index contributed by atoms with van der Waals surface area (Å²) in [6.45, 7) is 8.50. The number of hydrogen-bond donors (Lipinski definition) is 0. The number of carbonyl (C=O) groups excluding carboxylic acids is 1. The number of piperidine rings is 1. The fourth-order valence-electron chi connectivity index (χ4n) is 2.01. The van der Waals surface area contributed by atoms with Crippen molar-refractivity contribution in [1.82, 2.24) is 4.90 Å². The summed E-state index contributed by atoms with van der Waals surface area (Å²) in [4.78, 5) is 13.8. The second-order valence-corrected chi connectivity index (χ2v) is 5.64. The first-order valence-electron chi connectivity index (χ1n) is 6.89. The third-order valence-electron chi connectivity index (χ3n) is 3.39. The monoisotopic (exact) mass is 225 g/mol. The van der Waals surface area contributed by atoms with Crippen LogP contribution in [0.5, 0.6) is 0 Å². The highest BCUT2D eigenvalue weighted by atomic mass is 16.2. The fraction of sp³-hybridized carbons (Fsp3) is 0.929. The molecule has 2 rings (SSSR count). The van der Waals surface area contributed by atoms with Gasteiger partial charge in [0.2, 0.25) is 5.91 Å². The first kappa shape index (κ1) is 13.5. The van der Waals surface area contributed by atoms with Crippen molar-refractivity contribution in [1.29, 1.82) is 0 Å². The zero-order valence-corrected chi connectivity index (χ0v) is 11.2. The van der Waals surface area contributed by atoms with Gasteiger partial charge in [-0.25, -0.2) is 0 Å². The summed E-state index contributed by atoms with van der Waals surface area (Å²) < 4.78 is 0. The molecule has 94 valence electrons. The smallest absolute Gasteiger partial charge is 0.223 e. The van der Waals surface area contributed by atoms with Crippen molar-refractivity contribution in [3.8, 4) is 0 Å². The second kappa shape index (κ2) is 6.27. The van der Waals surface area contributed by atoms with Gasteiger partial charge in [0.25, 0.3) is 0 Å². The number of amides is 1. The third kappa shape index (κ3) is 4.54. The molecule has 1 amide bonds. The van der Waals surface area contributed by atoms with Crippen molar-refractivity contribution < 1.29 is 4.79 Å². The molecule has 1 saturated heterocycles. The summed E-state index contributed by atoms with van der Waals surface area (Å²) >= 11 is 0. The number of likely N-dealkylation sites (tertiary alicyclic amines) is 1. The van der Waals surface area contributed by atoms with Crippen molar-refractivity contribution in [2.24, 2.45) is 5.41 Å². The van der Waals surface area contributed by atoms with Gasteiger partial charge in [0.15, 0.2) is 0 Å². The molecule has 0 aromatic rings. The largest absolute Gasteiger partial charge is 0.343 e. The molecule has 0 spiro atoms. The summed E-state index contributed by atoms with van der Waals surface area (Å²) in [6.07, 6.45) is 8.29. The Morgan fingerprint density at radius 3 is 2.06 bits per heavy atom. The molecule has 2 heteroatoms. The van der Waals surface area contributed by atoms with E-state index in [-0.39, 0.29) is 0 Å². The normalized spacial score (nSPS) is 22.1. The minimum absolute atomic E-state index is 0.383. The van der Waals surface area contributed by atoms with Gasteiger partial charge in [-0.2, -0.15) is 0 Å². The van der Waals surface area contributed by atoms with Crippen LogP contribution in [0.2, 0.25) is 0 Å². The van der Waals surface area contributed by atoms with E-state index in [0.29, 0.717) is 11.3 Å². The van der Waals surface area contributed by atoms with Crippen LogP contribution in [0.15, 0.2) is 0 Å². The molecule has 0 aromatic carbocycles. The molecule has 2 nitrogen and oxygen atoms in total. The van der Waals surface area contributed by atoms with Crippen LogP contribution in [0.3, 0.4) is 0 Å². The summed E-state index contributed by atoms with van der Waals surface area (Å²) in [5.41, 5.74) is 0.383. The summed E-state index contributed by atoms with van der Waals surface area (Å²) in [7, 11) is 0. The van der Waals surface area contributed by atoms with Crippen LogP contribution in [0.1, 0.15) is 65.7 Å². The molecule has 1 aliphatic heterocycles. The third-order valence-corrected chi connectivity index (χ3v) is 3.39. The number of carbonyl (C=O) groups is 1. The molecule has 16 heavy (non-hydrogen) atoms. The van der Waals surface area contributed by atoms with Crippen LogP contribution in [0.4, 0.5) is 0 Å². The van der Waals surface area contributed by atoms with Crippen molar-refractivity contribution >= 4 is 5.91 Å². The van der Waals surface area contributed by atoms with E-state index in [4.69, 9.17) is 0 Å². The van der Waals surface area contributed by atoms with Crippen LogP contribution >= 0.6 is 0 Å². The Morgan fingerprint density at radius 2 is 1.62 bits per heavy atom. The quantitative estimate of drug-likeness (QED) is 0.703. The summed E-state index contributed by atoms with van der Waals surface area (Å²) in [5.74, 6) is 0.403. The number of rotatable bonds is 2. The lowest BCUT2D eigenvalue weighted by molar-refractivity contribution is -0.133. The van der Waals surface area contributed by atoms with E-state index in [2.05, 4.69) is 25.7 Å². The first-order valence-corrected chi connectivity index (χ1v) is 6.89. The van der Waals surface area contributed by atoms with E-state index in [1.165, 1.54) is 38.5 Å². The van der Waals surface area contributed by atoms with Crippen LogP contribution in [0, 0.1) is 5.41 Å². The second-order valence-electron chi connectivity index (χ2n) is 5.64. The van der Waals surface area contributed by atoms with Gasteiger partial charge >= 0.3 is 0 Å². The van der Waals surface area contributed by atoms with Gasteiger partial charge in [-0.15, -0.1) is 0 Å². The Bertz CT molecular complexity index is 215. The molecule has 0 unspecified atom stereocenters. The Balaban J connectivity index is 0.000000386. The predicted octanol–water partition coefficient (Wildman–Crippen LogP) is 3.61. The Hall–Kier alpha value is -0.530. The van der Waals surface area contributed by atoms with E-state index >= 15 is 0 Å². The molecule has 1 saturated carbocycles. The molecular formula is C14H27NO. The highest BCUT2D eigenvalue weighted by molar-refractivity contribution is 5.77. The minimum Gasteiger partial charge on any atom is -0.343 e. The van der Waals surface area contributed by atoms with Gasteiger partial charge in [0.1, 0.15) is 0 Å². The van der Waals surface area contributed by atoms with Crippen molar-refractivity contribution in [3.63, 3.8) is 0 Å². The maximum absolute atomic E-state index is 11.8. The van der Waals surface area contributed by atoms with Crippen LogP contribution in [-0.2, 0) is 4.79 Å². The molecule has 2 fully saturated rings. The van der Waals surface area contributed by atoms with Crippen LogP contribution < -0.4 is 0 Å². The summed E-state index contributed by atoms with van der Waals surface area (Å²) in [5, 5.41) is 0. The fourth-order valence-corrected chi connectivity index (χ4v) is 2.01. The van der Waals surface area contributed by atoms with Crippen LogP contribution in [-0.4, -0.2) is 23.9 Å². The zero-order chi connectivity index (χ0) is 12.0. The van der Waals surface area contributed by atoms with E-state index < -0.39 is 0 Å². The van der Waals surface area contributed by atoms with E-state index in [0.717, 1.165) is 19.5 Å². The van der Waals surface area contributed by atoms with Crippen LogP contribution in [0.25, 0.3) is 0 Å². The van der Waals surface area contributed by atoms with Gasteiger partial charge in [-0.1, -0.05) is 27.2 Å². The molecule has 2 aliphatic rings. The minimum atomic E-state index is 0.383. The highest BCUT2D eigenvalue weighted by Crippen LogP contribution is 2.48. The lowest BCUT2D eigenvalue weighted by Crippen LogP contribution is -2.36. The van der Waals surface area contributed by atoms with Gasteiger partial charge in [0, 0.05) is 19.5 Å². The van der Waals surface area contributed by atoms with E-state index in [1.54, 1.807) is 0 Å². The molecule has 0 radical (unpaired) electrons. The molecule has 0 N–H and O–H groups in total. The van der Waals surface area contributed by atoms with Crippen molar-refractivity contribution in [3.05, 3.63) is 0 Å². The maximum Gasteiger partial charge on any atom is 0.223 e. The van der Waals surface area contributed by atoms with Crippen molar-refractivity contribution in [2.45, 2.75) is 65.7 Å². The van der Waals surface area contributed by atoms with Crippen molar-refractivity contribution in [2.75, 3.05) is 13.1 Å². The van der Waals surface area contributed by atoms with Gasteiger partial charge in [0.05, 0.1) is 0 Å². The molecule has 0 aromatic heterocycles. The molecule has 1 aliphatic carbocycles. The van der Waals surface area contributed by atoms with E-state index in [9.17, 15) is 4.79 Å². The maximum atomic E-state index is 11.8.